The summed E-state index contributed by atoms with van der Waals surface area (Å²) in [6.07, 6.45) is 1.08. The molecular weight excluding hydrogens is 188 g/mol. The molecule has 0 aromatic heterocycles. The second-order valence-corrected chi connectivity index (χ2v) is 4.73. The minimum atomic E-state index is -3.29. The normalized spacial score (nSPS) is 11.9. The molecule has 1 aromatic rings. The van der Waals surface area contributed by atoms with Crippen molar-refractivity contribution in [1.82, 2.24) is 4.41 Å². The summed E-state index contributed by atoms with van der Waals surface area (Å²) in [5, 5.41) is 0. The van der Waals surface area contributed by atoms with Crippen LogP contribution in [-0.4, -0.2) is 19.1 Å². The zero-order valence-electron chi connectivity index (χ0n) is 7.34. The minimum absolute atomic E-state index is 0.208. The number of hydrazine groups is 1. The van der Waals surface area contributed by atoms with Crippen LogP contribution in [0.3, 0.4) is 0 Å². The fourth-order valence-electron chi connectivity index (χ4n) is 0.881. The maximum Gasteiger partial charge on any atom is 0.224 e. The molecule has 0 saturated heterocycles. The Morgan fingerprint density at radius 3 is 2.31 bits per heavy atom. The Balaban J connectivity index is 2.72. The summed E-state index contributed by atoms with van der Waals surface area (Å²) < 4.78 is 22.7. The smallest absolute Gasteiger partial charge is 0.224 e. The van der Waals surface area contributed by atoms with E-state index in [0.717, 1.165) is 16.2 Å². The van der Waals surface area contributed by atoms with E-state index in [-0.39, 0.29) is 6.54 Å². The van der Waals surface area contributed by atoms with Gasteiger partial charge in [-0.3, -0.25) is 5.84 Å². The average molecular weight is 200 g/mol. The molecule has 13 heavy (non-hydrogen) atoms. The first-order valence-corrected chi connectivity index (χ1v) is 5.61. The van der Waals surface area contributed by atoms with E-state index in [2.05, 4.69) is 0 Å². The Morgan fingerprint density at radius 1 is 1.31 bits per heavy atom. The average Bonchev–Trinajstić information content (AvgIpc) is 2.04. The monoisotopic (exact) mass is 200 g/mol. The maximum atomic E-state index is 10.9. The minimum Gasteiger partial charge on any atom is -0.255 e. The van der Waals surface area contributed by atoms with Crippen molar-refractivity contribution in [2.75, 3.05) is 6.26 Å². The highest BCUT2D eigenvalue weighted by molar-refractivity contribution is 7.88. The highest BCUT2D eigenvalue weighted by atomic mass is 32.2. The first-order chi connectivity index (χ1) is 6.00. The Hall–Kier alpha value is -0.910. The SMILES string of the molecule is CS(=O)(=O)N(N)Cc1ccccc1. The number of hydrogen-bond donors (Lipinski definition) is 1. The number of sulfonamides is 1. The molecule has 72 valence electrons. The third-order valence-corrected chi connectivity index (χ3v) is 2.59. The molecule has 0 saturated carbocycles. The molecule has 0 aliphatic carbocycles. The topological polar surface area (TPSA) is 63.4 Å². The molecular formula is C8H12N2O2S. The van der Waals surface area contributed by atoms with Gasteiger partial charge in [-0.15, -0.1) is 4.41 Å². The Kier molecular flexibility index (Phi) is 3.02. The molecule has 0 radical (unpaired) electrons. The van der Waals surface area contributed by atoms with E-state index in [0.29, 0.717) is 0 Å². The molecule has 0 amide bonds. The number of nitrogens with zero attached hydrogens (tertiary/aromatic N) is 1. The molecule has 5 heteroatoms. The second-order valence-electron chi connectivity index (χ2n) is 2.79. The lowest BCUT2D eigenvalue weighted by Gasteiger charge is -2.12. The van der Waals surface area contributed by atoms with Gasteiger partial charge in [0.05, 0.1) is 12.8 Å². The summed E-state index contributed by atoms with van der Waals surface area (Å²) in [7, 11) is -3.29. The summed E-state index contributed by atoms with van der Waals surface area (Å²) in [6, 6.07) is 9.19. The number of nitrogens with two attached hydrogens (primary N) is 1. The van der Waals surface area contributed by atoms with Crippen molar-refractivity contribution in [3.05, 3.63) is 35.9 Å². The van der Waals surface area contributed by atoms with Crippen LogP contribution in [0.15, 0.2) is 30.3 Å². The van der Waals surface area contributed by atoms with Crippen molar-refractivity contribution in [3.8, 4) is 0 Å². The van der Waals surface area contributed by atoms with E-state index in [1.807, 2.05) is 30.3 Å². The number of rotatable bonds is 3. The Bertz CT molecular complexity index is 361. The largest absolute Gasteiger partial charge is 0.255 e. The van der Waals surface area contributed by atoms with Gasteiger partial charge in [-0.25, -0.2) is 8.42 Å². The lowest BCUT2D eigenvalue weighted by atomic mass is 10.2. The fraction of sp³-hybridized carbons (Fsp3) is 0.250. The summed E-state index contributed by atoms with van der Waals surface area (Å²) in [5.41, 5.74) is 0.871. The summed E-state index contributed by atoms with van der Waals surface area (Å²) >= 11 is 0. The van der Waals surface area contributed by atoms with Crippen LogP contribution in [0.25, 0.3) is 0 Å². The van der Waals surface area contributed by atoms with Gasteiger partial charge in [0, 0.05) is 0 Å². The Labute approximate surface area is 78.0 Å². The third kappa shape index (κ3) is 3.14. The van der Waals surface area contributed by atoms with Crippen molar-refractivity contribution < 1.29 is 8.42 Å². The van der Waals surface area contributed by atoms with Crippen LogP contribution in [0.4, 0.5) is 0 Å². The molecule has 1 rings (SSSR count). The van der Waals surface area contributed by atoms with Crippen molar-refractivity contribution in [3.63, 3.8) is 0 Å². The van der Waals surface area contributed by atoms with E-state index in [9.17, 15) is 8.42 Å². The summed E-state index contributed by atoms with van der Waals surface area (Å²) in [4.78, 5) is 0. The number of benzene rings is 1. The lowest BCUT2D eigenvalue weighted by molar-refractivity contribution is 0.426. The molecule has 0 fully saturated rings. The zero-order valence-corrected chi connectivity index (χ0v) is 8.16. The summed E-state index contributed by atoms with van der Waals surface area (Å²) in [6.45, 7) is 0.208. The third-order valence-electron chi connectivity index (χ3n) is 1.61. The van der Waals surface area contributed by atoms with Crippen LogP contribution in [0.5, 0.6) is 0 Å². The Morgan fingerprint density at radius 2 is 1.85 bits per heavy atom. The predicted octanol–water partition coefficient (Wildman–Crippen LogP) is 0.322. The van der Waals surface area contributed by atoms with E-state index in [1.165, 1.54) is 0 Å². The molecule has 0 bridgehead atoms. The van der Waals surface area contributed by atoms with E-state index in [1.54, 1.807) is 0 Å². The second kappa shape index (κ2) is 3.87. The summed E-state index contributed by atoms with van der Waals surface area (Å²) in [5.74, 6) is 5.33. The van der Waals surface area contributed by atoms with Crippen LogP contribution in [0.1, 0.15) is 5.56 Å². The molecule has 0 aliphatic rings. The van der Waals surface area contributed by atoms with E-state index >= 15 is 0 Å². The van der Waals surface area contributed by atoms with Crippen molar-refractivity contribution >= 4 is 10.0 Å². The molecule has 4 nitrogen and oxygen atoms in total. The fourth-order valence-corrected chi connectivity index (χ4v) is 1.26. The standard InChI is InChI=1S/C8H12N2O2S/c1-13(11,12)10(9)7-8-5-3-2-4-6-8/h2-6H,7,9H2,1H3. The number of hydrogen-bond acceptors (Lipinski definition) is 3. The van der Waals surface area contributed by atoms with Gasteiger partial charge < -0.3 is 0 Å². The van der Waals surface area contributed by atoms with Gasteiger partial charge in [0.25, 0.3) is 0 Å². The van der Waals surface area contributed by atoms with Gasteiger partial charge in [-0.2, -0.15) is 0 Å². The highest BCUT2D eigenvalue weighted by Crippen LogP contribution is 2.03. The molecule has 0 atom stereocenters. The van der Waals surface area contributed by atoms with Gasteiger partial charge in [0.2, 0.25) is 10.0 Å². The van der Waals surface area contributed by atoms with Crippen LogP contribution < -0.4 is 5.84 Å². The molecule has 1 aromatic carbocycles. The molecule has 0 spiro atoms. The first-order valence-electron chi connectivity index (χ1n) is 3.76. The van der Waals surface area contributed by atoms with E-state index in [4.69, 9.17) is 5.84 Å². The van der Waals surface area contributed by atoms with Gasteiger partial charge >= 0.3 is 0 Å². The van der Waals surface area contributed by atoms with Crippen molar-refractivity contribution in [2.45, 2.75) is 6.54 Å². The maximum absolute atomic E-state index is 10.9. The quantitative estimate of drug-likeness (QED) is 0.564. The van der Waals surface area contributed by atoms with Crippen LogP contribution >= 0.6 is 0 Å². The van der Waals surface area contributed by atoms with E-state index < -0.39 is 10.0 Å². The van der Waals surface area contributed by atoms with Gasteiger partial charge in [0.15, 0.2) is 0 Å². The molecule has 2 N–H and O–H groups in total. The lowest BCUT2D eigenvalue weighted by Crippen LogP contribution is -2.35. The highest BCUT2D eigenvalue weighted by Gasteiger charge is 2.11. The van der Waals surface area contributed by atoms with Crippen molar-refractivity contribution in [2.24, 2.45) is 5.84 Å². The van der Waals surface area contributed by atoms with Crippen LogP contribution in [0, 0.1) is 0 Å². The first kappa shape index (κ1) is 10.2. The van der Waals surface area contributed by atoms with Gasteiger partial charge in [-0.05, 0) is 5.56 Å². The van der Waals surface area contributed by atoms with Crippen LogP contribution in [0.2, 0.25) is 0 Å². The molecule has 0 heterocycles. The van der Waals surface area contributed by atoms with Gasteiger partial charge in [0.1, 0.15) is 0 Å². The van der Waals surface area contributed by atoms with Crippen molar-refractivity contribution in [1.29, 1.82) is 0 Å². The van der Waals surface area contributed by atoms with Crippen LogP contribution in [-0.2, 0) is 16.6 Å². The van der Waals surface area contributed by atoms with Gasteiger partial charge in [-0.1, -0.05) is 30.3 Å². The molecule has 0 unspecified atom stereocenters. The predicted molar refractivity (Wildman–Crippen MR) is 51.0 cm³/mol. The zero-order chi connectivity index (χ0) is 9.90. The molecule has 0 aliphatic heterocycles.